The highest BCUT2D eigenvalue weighted by atomic mass is 35.5. The van der Waals surface area contributed by atoms with Crippen molar-refractivity contribution in [1.82, 2.24) is 20.3 Å². The van der Waals surface area contributed by atoms with E-state index in [1.165, 1.54) is 32.2 Å². The Labute approximate surface area is 177 Å². The molecular weight excluding hydrogens is 412 g/mol. The zero-order valence-corrected chi connectivity index (χ0v) is 17.9. The molecule has 1 aliphatic rings. The fourth-order valence-corrected chi connectivity index (χ4v) is 4.33. The molecule has 29 heavy (non-hydrogen) atoms. The van der Waals surface area contributed by atoms with Crippen LogP contribution in [0.2, 0.25) is 5.02 Å². The van der Waals surface area contributed by atoms with Crippen LogP contribution in [0.4, 0.5) is 0 Å². The Morgan fingerprint density at radius 2 is 2.03 bits per heavy atom. The Balaban J connectivity index is 1.44. The Bertz CT molecular complexity index is 1050. The molecule has 1 N–H and O–H groups in total. The number of amides is 1. The number of halogens is 1. The van der Waals surface area contributed by atoms with Gasteiger partial charge in [0.2, 0.25) is 17.7 Å². The maximum absolute atomic E-state index is 11.0. The van der Waals surface area contributed by atoms with E-state index >= 15 is 0 Å². The largest absolute Gasteiger partial charge is 0.474 e. The second-order valence-electron chi connectivity index (χ2n) is 7.51. The van der Waals surface area contributed by atoms with E-state index in [1.807, 2.05) is 13.0 Å². The highest BCUT2D eigenvalue weighted by molar-refractivity contribution is 7.19. The van der Waals surface area contributed by atoms with Gasteiger partial charge in [0.1, 0.15) is 17.4 Å². The number of carbonyl (C=O) groups excluding carboxylic acids is 1. The van der Waals surface area contributed by atoms with Crippen LogP contribution in [0.1, 0.15) is 38.6 Å². The summed E-state index contributed by atoms with van der Waals surface area (Å²) in [6, 6.07) is 3.58. The van der Waals surface area contributed by atoms with Crippen LogP contribution in [0.3, 0.4) is 0 Å². The number of fused-ring (bicyclic) bond motifs is 1. The van der Waals surface area contributed by atoms with Crippen molar-refractivity contribution in [3.05, 3.63) is 34.6 Å². The number of aromatic nitrogens is 3. The van der Waals surface area contributed by atoms with Gasteiger partial charge in [0.05, 0.1) is 33.7 Å². The van der Waals surface area contributed by atoms with Gasteiger partial charge < -0.3 is 14.8 Å². The molecule has 0 aliphatic heterocycles. The number of carbonyl (C=O) groups is 1. The van der Waals surface area contributed by atoms with Crippen LogP contribution >= 0.6 is 22.9 Å². The zero-order chi connectivity index (χ0) is 20.6. The molecule has 7 nitrogen and oxygen atoms in total. The van der Waals surface area contributed by atoms with E-state index in [-0.39, 0.29) is 17.4 Å². The summed E-state index contributed by atoms with van der Waals surface area (Å²) in [6.45, 7) is 5.83. The number of rotatable bonds is 7. The topological polar surface area (TPSA) is 86.2 Å². The molecule has 1 amide bonds. The smallest absolute Gasteiger partial charge is 0.238 e. The Morgan fingerprint density at radius 1 is 1.31 bits per heavy atom. The van der Waals surface area contributed by atoms with Gasteiger partial charge in [-0.25, -0.2) is 15.0 Å². The number of hydrogen-bond acceptors (Lipinski definition) is 7. The first-order valence-electron chi connectivity index (χ1n) is 9.33. The fraction of sp³-hybridized carbons (Fsp3) is 0.400. The van der Waals surface area contributed by atoms with Crippen LogP contribution in [0.15, 0.2) is 24.5 Å². The molecule has 0 spiro atoms. The van der Waals surface area contributed by atoms with Crippen LogP contribution in [0.25, 0.3) is 10.2 Å². The third kappa shape index (κ3) is 4.43. The number of nitrogens with zero attached hydrogens (tertiary/aromatic N) is 3. The maximum atomic E-state index is 11.0. The summed E-state index contributed by atoms with van der Waals surface area (Å²) in [5.41, 5.74) is 1.09. The maximum Gasteiger partial charge on any atom is 0.238 e. The molecule has 1 unspecified atom stereocenters. The van der Waals surface area contributed by atoms with E-state index < -0.39 is 0 Å². The lowest BCUT2D eigenvalue weighted by atomic mass is 10.2. The summed E-state index contributed by atoms with van der Waals surface area (Å²) in [5, 5.41) is 4.39. The quantitative estimate of drug-likeness (QED) is 0.592. The van der Waals surface area contributed by atoms with Gasteiger partial charge in [-0.1, -0.05) is 18.5 Å². The van der Waals surface area contributed by atoms with Gasteiger partial charge in [-0.15, -0.1) is 11.3 Å². The van der Waals surface area contributed by atoms with Gasteiger partial charge in [0.15, 0.2) is 0 Å². The summed E-state index contributed by atoms with van der Waals surface area (Å²) in [4.78, 5) is 24.2. The van der Waals surface area contributed by atoms with Crippen LogP contribution < -0.4 is 14.8 Å². The molecule has 9 heteroatoms. The molecule has 1 fully saturated rings. The number of benzene rings is 1. The van der Waals surface area contributed by atoms with Crippen LogP contribution in [0, 0.1) is 0 Å². The predicted molar refractivity (Wildman–Crippen MR) is 112 cm³/mol. The van der Waals surface area contributed by atoms with E-state index in [4.69, 9.17) is 26.1 Å². The predicted octanol–water partition coefficient (Wildman–Crippen LogP) is 4.49. The van der Waals surface area contributed by atoms with Crippen molar-refractivity contribution in [3.63, 3.8) is 0 Å². The lowest BCUT2D eigenvalue weighted by Crippen LogP contribution is -2.35. The summed E-state index contributed by atoms with van der Waals surface area (Å²) < 4.78 is 12.3. The zero-order valence-electron chi connectivity index (χ0n) is 16.4. The normalized spacial score (nSPS) is 15.7. The van der Waals surface area contributed by atoms with Crippen molar-refractivity contribution in [2.75, 3.05) is 6.61 Å². The van der Waals surface area contributed by atoms with Crippen LogP contribution in [-0.2, 0) is 10.2 Å². The van der Waals surface area contributed by atoms with E-state index in [1.54, 1.807) is 17.4 Å². The molecule has 0 radical (unpaired) electrons. The third-order valence-corrected chi connectivity index (χ3v) is 6.61. The fourth-order valence-electron chi connectivity index (χ4n) is 2.82. The van der Waals surface area contributed by atoms with Gasteiger partial charge in [-0.3, -0.25) is 4.79 Å². The number of hydrogen-bond donors (Lipinski definition) is 1. The molecular formula is C20H21ClN4O3S. The summed E-state index contributed by atoms with van der Waals surface area (Å²) >= 11 is 8.20. The number of ether oxygens (including phenoxy) is 2. The monoisotopic (exact) mass is 432 g/mol. The van der Waals surface area contributed by atoms with Crippen molar-refractivity contribution in [1.29, 1.82) is 0 Å². The third-order valence-electron chi connectivity index (χ3n) is 4.73. The molecule has 1 saturated carbocycles. The minimum atomic E-state index is -0.127. The first kappa shape index (κ1) is 19.8. The second kappa shape index (κ2) is 7.76. The molecule has 1 atom stereocenters. The molecule has 2 heterocycles. The Morgan fingerprint density at radius 3 is 2.69 bits per heavy atom. The highest BCUT2D eigenvalue weighted by Gasteiger charge is 2.42. The molecule has 4 rings (SSSR count). The Hall–Kier alpha value is -2.45. The van der Waals surface area contributed by atoms with Crippen molar-refractivity contribution < 1.29 is 14.3 Å². The molecule has 0 saturated heterocycles. The highest BCUT2D eigenvalue weighted by Crippen LogP contribution is 2.51. The number of nitrogens with one attached hydrogen (secondary N) is 1. The summed E-state index contributed by atoms with van der Waals surface area (Å²) in [6.07, 6.45) is 5.28. The molecule has 2 aromatic heterocycles. The van der Waals surface area contributed by atoms with Gasteiger partial charge in [0, 0.05) is 12.3 Å². The second-order valence-corrected chi connectivity index (χ2v) is 8.89. The molecule has 0 bridgehead atoms. The number of thiazole rings is 1. The van der Waals surface area contributed by atoms with Gasteiger partial charge >= 0.3 is 0 Å². The molecule has 3 aromatic rings. The van der Waals surface area contributed by atoms with E-state index in [0.29, 0.717) is 29.1 Å². The van der Waals surface area contributed by atoms with Crippen molar-refractivity contribution in [2.24, 2.45) is 0 Å². The SMILES string of the molecule is CC(=O)NC(C)COc1cnc(Oc2ccc3nc(C4(C)CC4)sc3c2Cl)cn1. The lowest BCUT2D eigenvalue weighted by molar-refractivity contribution is -0.119. The minimum Gasteiger partial charge on any atom is -0.474 e. The molecule has 1 aromatic carbocycles. The van der Waals surface area contributed by atoms with Crippen LogP contribution in [0.5, 0.6) is 17.5 Å². The minimum absolute atomic E-state index is 0.107. The van der Waals surface area contributed by atoms with Crippen LogP contribution in [-0.4, -0.2) is 33.5 Å². The lowest BCUT2D eigenvalue weighted by Gasteiger charge is -2.13. The van der Waals surface area contributed by atoms with E-state index in [9.17, 15) is 4.79 Å². The van der Waals surface area contributed by atoms with E-state index in [2.05, 4.69) is 22.2 Å². The van der Waals surface area contributed by atoms with Crippen molar-refractivity contribution in [2.45, 2.75) is 45.1 Å². The first-order chi connectivity index (χ1) is 13.8. The van der Waals surface area contributed by atoms with Gasteiger partial charge in [-0.2, -0.15) is 0 Å². The summed E-state index contributed by atoms with van der Waals surface area (Å²) in [5.74, 6) is 1.06. The van der Waals surface area contributed by atoms with Crippen molar-refractivity contribution in [3.8, 4) is 17.5 Å². The van der Waals surface area contributed by atoms with Gasteiger partial charge in [-0.05, 0) is 31.9 Å². The van der Waals surface area contributed by atoms with Gasteiger partial charge in [0.25, 0.3) is 0 Å². The molecule has 152 valence electrons. The van der Waals surface area contributed by atoms with E-state index in [0.717, 1.165) is 15.2 Å². The standard InChI is InChI=1S/C20H21ClN4O3S/c1-11(24-12(2)26)10-27-15-8-23-16(9-22-15)28-14-5-4-13-18(17(14)21)29-19(25-13)20(3)6-7-20/h4-5,8-9,11H,6-7,10H2,1-3H3,(H,24,26). The average molecular weight is 433 g/mol. The average Bonchev–Trinajstić information content (AvgIpc) is 3.26. The first-order valence-corrected chi connectivity index (χ1v) is 10.5. The molecule has 1 aliphatic carbocycles. The van der Waals surface area contributed by atoms with Crippen molar-refractivity contribution >= 4 is 39.1 Å². The summed E-state index contributed by atoms with van der Waals surface area (Å²) in [7, 11) is 0. The Kier molecular flexibility index (Phi) is 5.31.